The summed E-state index contributed by atoms with van der Waals surface area (Å²) in [7, 11) is 0. The van der Waals surface area contributed by atoms with E-state index in [1.807, 2.05) is 0 Å². The van der Waals surface area contributed by atoms with Gasteiger partial charge in [0, 0.05) is 6.42 Å². The number of esters is 2. The summed E-state index contributed by atoms with van der Waals surface area (Å²) in [6.07, 6.45) is 9.02. The number of ether oxygens (including phenoxy) is 2. The van der Waals surface area contributed by atoms with Crippen LogP contribution in [0.15, 0.2) is 0 Å². The molecule has 1 rings (SSSR count). The Morgan fingerprint density at radius 2 is 1.35 bits per heavy atom. The standard InChI is InChI=1S/C24H39NO5S/c1-7-8-9-10-11-12-13-14-15-19(26)25-22-20(23(27)29-16(2)3)18(6)21(31-22)24(28)30-17(4)5/h16-17H,7-15H2,1-6H3,(H,25,26). The van der Waals surface area contributed by atoms with E-state index in [9.17, 15) is 14.4 Å². The number of carbonyl (C=O) groups is 3. The molecule has 0 aliphatic heterocycles. The van der Waals surface area contributed by atoms with Crippen molar-refractivity contribution in [3.05, 3.63) is 16.0 Å². The van der Waals surface area contributed by atoms with Crippen LogP contribution < -0.4 is 5.32 Å². The lowest BCUT2D eigenvalue weighted by Crippen LogP contribution is -2.17. The summed E-state index contributed by atoms with van der Waals surface area (Å²) in [5.74, 6) is -1.20. The third-order valence-electron chi connectivity index (χ3n) is 4.73. The van der Waals surface area contributed by atoms with Crippen molar-refractivity contribution in [1.82, 2.24) is 0 Å². The highest BCUT2D eigenvalue weighted by atomic mass is 32.1. The minimum absolute atomic E-state index is 0.158. The van der Waals surface area contributed by atoms with Crippen LogP contribution >= 0.6 is 11.3 Å². The largest absolute Gasteiger partial charge is 0.459 e. The van der Waals surface area contributed by atoms with Crippen LogP contribution in [0.3, 0.4) is 0 Å². The lowest BCUT2D eigenvalue weighted by Gasteiger charge is -2.10. The van der Waals surface area contributed by atoms with Crippen molar-refractivity contribution >= 4 is 34.2 Å². The molecule has 1 aromatic rings. The normalized spacial score (nSPS) is 11.1. The van der Waals surface area contributed by atoms with E-state index in [-0.39, 0.29) is 23.7 Å². The van der Waals surface area contributed by atoms with E-state index in [1.165, 1.54) is 32.1 Å². The molecule has 6 nitrogen and oxygen atoms in total. The first kappa shape index (κ1) is 27.1. The van der Waals surface area contributed by atoms with E-state index >= 15 is 0 Å². The van der Waals surface area contributed by atoms with Crippen LogP contribution in [0.25, 0.3) is 0 Å². The zero-order chi connectivity index (χ0) is 23.4. The van der Waals surface area contributed by atoms with Gasteiger partial charge in [0.05, 0.1) is 17.8 Å². The van der Waals surface area contributed by atoms with Gasteiger partial charge in [0.15, 0.2) is 0 Å². The third-order valence-corrected chi connectivity index (χ3v) is 5.92. The molecule has 0 radical (unpaired) electrons. The Balaban J connectivity index is 2.76. The summed E-state index contributed by atoms with van der Waals surface area (Å²) < 4.78 is 10.6. The molecule has 0 fully saturated rings. The van der Waals surface area contributed by atoms with Crippen molar-refractivity contribution in [2.24, 2.45) is 0 Å². The second kappa shape index (κ2) is 14.2. The van der Waals surface area contributed by atoms with E-state index in [0.717, 1.165) is 30.6 Å². The second-order valence-corrected chi connectivity index (χ2v) is 9.46. The Hall–Kier alpha value is -1.89. The van der Waals surface area contributed by atoms with Crippen LogP contribution in [0.1, 0.15) is 118 Å². The van der Waals surface area contributed by atoms with Crippen molar-refractivity contribution in [1.29, 1.82) is 0 Å². The molecule has 0 unspecified atom stereocenters. The predicted octanol–water partition coefficient (Wildman–Crippen LogP) is 6.66. The van der Waals surface area contributed by atoms with Crippen LogP contribution in [0.5, 0.6) is 0 Å². The molecule has 0 spiro atoms. The highest BCUT2D eigenvalue weighted by Crippen LogP contribution is 2.35. The quantitative estimate of drug-likeness (QED) is 0.252. The molecule has 7 heteroatoms. The third kappa shape index (κ3) is 9.85. The zero-order valence-electron chi connectivity index (χ0n) is 20.0. The number of carbonyl (C=O) groups excluding carboxylic acids is 3. The molecule has 0 aliphatic rings. The smallest absolute Gasteiger partial charge is 0.348 e. The molecule has 1 aromatic heterocycles. The summed E-state index contributed by atoms with van der Waals surface area (Å²) in [6, 6.07) is 0. The molecule has 0 aliphatic carbocycles. The molecule has 1 amide bonds. The molecule has 31 heavy (non-hydrogen) atoms. The molecule has 1 heterocycles. The molecule has 0 bridgehead atoms. The molecule has 0 atom stereocenters. The van der Waals surface area contributed by atoms with E-state index in [2.05, 4.69) is 12.2 Å². The minimum atomic E-state index is -0.547. The lowest BCUT2D eigenvalue weighted by atomic mass is 10.1. The fraction of sp³-hybridized carbons (Fsp3) is 0.708. The van der Waals surface area contributed by atoms with Crippen LogP contribution in [-0.2, 0) is 14.3 Å². The monoisotopic (exact) mass is 453 g/mol. The summed E-state index contributed by atoms with van der Waals surface area (Å²) >= 11 is 1.07. The molecule has 1 N–H and O–H groups in total. The van der Waals surface area contributed by atoms with Gasteiger partial charge in [-0.3, -0.25) is 4.79 Å². The number of hydrogen-bond acceptors (Lipinski definition) is 6. The first-order chi connectivity index (χ1) is 14.7. The molecule has 0 saturated heterocycles. The van der Waals surface area contributed by atoms with Gasteiger partial charge in [-0.15, -0.1) is 11.3 Å². The van der Waals surface area contributed by atoms with Gasteiger partial charge in [0.25, 0.3) is 0 Å². The van der Waals surface area contributed by atoms with E-state index < -0.39 is 11.9 Å². The number of nitrogens with one attached hydrogen (secondary N) is 1. The molecular formula is C24H39NO5S. The molecule has 0 saturated carbocycles. The van der Waals surface area contributed by atoms with Crippen LogP contribution in [0, 0.1) is 6.92 Å². The number of amides is 1. The van der Waals surface area contributed by atoms with Gasteiger partial charge in [-0.2, -0.15) is 0 Å². The lowest BCUT2D eigenvalue weighted by molar-refractivity contribution is -0.116. The van der Waals surface area contributed by atoms with Crippen molar-refractivity contribution in [2.45, 2.75) is 112 Å². The number of anilines is 1. The van der Waals surface area contributed by atoms with Crippen molar-refractivity contribution in [3.63, 3.8) is 0 Å². The van der Waals surface area contributed by atoms with Crippen molar-refractivity contribution < 1.29 is 23.9 Å². The van der Waals surface area contributed by atoms with Gasteiger partial charge >= 0.3 is 11.9 Å². The maximum Gasteiger partial charge on any atom is 0.348 e. The van der Waals surface area contributed by atoms with Gasteiger partial charge in [0.1, 0.15) is 9.88 Å². The summed E-state index contributed by atoms with van der Waals surface area (Å²) in [5.41, 5.74) is 0.711. The Morgan fingerprint density at radius 3 is 1.90 bits per heavy atom. The minimum Gasteiger partial charge on any atom is -0.459 e. The summed E-state index contributed by atoms with van der Waals surface area (Å²) in [4.78, 5) is 37.8. The van der Waals surface area contributed by atoms with Gasteiger partial charge in [-0.1, -0.05) is 51.9 Å². The maximum absolute atomic E-state index is 12.6. The summed E-state index contributed by atoms with van der Waals surface area (Å²) in [6.45, 7) is 10.9. The summed E-state index contributed by atoms with van der Waals surface area (Å²) in [5, 5.41) is 3.17. The predicted molar refractivity (Wildman–Crippen MR) is 126 cm³/mol. The SMILES string of the molecule is CCCCCCCCCCC(=O)Nc1sc(C(=O)OC(C)C)c(C)c1C(=O)OC(C)C. The first-order valence-corrected chi connectivity index (χ1v) is 12.3. The second-order valence-electron chi connectivity index (χ2n) is 8.44. The Bertz CT molecular complexity index is 724. The van der Waals surface area contributed by atoms with Crippen molar-refractivity contribution in [2.75, 3.05) is 5.32 Å². The van der Waals surface area contributed by atoms with E-state index in [0.29, 0.717) is 21.9 Å². The number of rotatable bonds is 14. The van der Waals surface area contributed by atoms with Gasteiger partial charge < -0.3 is 14.8 Å². The fourth-order valence-electron chi connectivity index (χ4n) is 3.19. The fourth-order valence-corrected chi connectivity index (χ4v) is 4.29. The van der Waals surface area contributed by atoms with E-state index in [1.54, 1.807) is 34.6 Å². The molecule has 176 valence electrons. The topological polar surface area (TPSA) is 81.7 Å². The first-order valence-electron chi connectivity index (χ1n) is 11.5. The van der Waals surface area contributed by atoms with Crippen LogP contribution in [0.4, 0.5) is 5.00 Å². The van der Waals surface area contributed by atoms with E-state index in [4.69, 9.17) is 9.47 Å². The number of hydrogen-bond donors (Lipinski definition) is 1. The van der Waals surface area contributed by atoms with Gasteiger partial charge in [-0.05, 0) is 46.6 Å². The highest BCUT2D eigenvalue weighted by Gasteiger charge is 2.28. The zero-order valence-corrected chi connectivity index (χ0v) is 20.8. The molecule has 0 aromatic carbocycles. The number of thiophene rings is 1. The maximum atomic E-state index is 12.6. The Kier molecular flexibility index (Phi) is 12.5. The Morgan fingerprint density at radius 1 is 0.839 bits per heavy atom. The average molecular weight is 454 g/mol. The number of unbranched alkanes of at least 4 members (excludes halogenated alkanes) is 7. The van der Waals surface area contributed by atoms with Crippen LogP contribution in [-0.4, -0.2) is 30.1 Å². The van der Waals surface area contributed by atoms with Crippen LogP contribution in [0.2, 0.25) is 0 Å². The molecular weight excluding hydrogens is 414 g/mol. The highest BCUT2D eigenvalue weighted by molar-refractivity contribution is 7.18. The van der Waals surface area contributed by atoms with Crippen molar-refractivity contribution in [3.8, 4) is 0 Å². The Labute approximate surface area is 191 Å². The average Bonchev–Trinajstić information content (AvgIpc) is 2.98. The van der Waals surface area contributed by atoms with Gasteiger partial charge in [-0.25, -0.2) is 9.59 Å². The van der Waals surface area contributed by atoms with Gasteiger partial charge in [0.2, 0.25) is 5.91 Å².